The second-order valence-electron chi connectivity index (χ2n) is 6.82. The second-order valence-corrected chi connectivity index (χ2v) is 6.82. The van der Waals surface area contributed by atoms with Gasteiger partial charge in [0, 0.05) is 50.5 Å². The standard InChI is InChI=1S/C21H26FN3O/c1-16-3-6-19(15-17(16)2)23-10-9-21(26)25-13-11-24(12-14-25)20-7-4-18(22)5-8-20/h3-8,15,23H,9-14H2,1-2H3. The lowest BCUT2D eigenvalue weighted by atomic mass is 10.1. The maximum absolute atomic E-state index is 13.0. The third kappa shape index (κ3) is 4.54. The highest BCUT2D eigenvalue weighted by atomic mass is 19.1. The van der Waals surface area contributed by atoms with Gasteiger partial charge in [-0.1, -0.05) is 6.07 Å². The maximum atomic E-state index is 13.0. The van der Waals surface area contributed by atoms with Gasteiger partial charge in [-0.25, -0.2) is 4.39 Å². The summed E-state index contributed by atoms with van der Waals surface area (Å²) < 4.78 is 13.0. The molecule has 0 aromatic heterocycles. The lowest BCUT2D eigenvalue weighted by Crippen LogP contribution is -2.49. The SMILES string of the molecule is Cc1ccc(NCCC(=O)N2CCN(c3ccc(F)cc3)CC2)cc1C. The summed E-state index contributed by atoms with van der Waals surface area (Å²) in [5.74, 6) is -0.0427. The van der Waals surface area contributed by atoms with Gasteiger partial charge < -0.3 is 15.1 Å². The average molecular weight is 355 g/mol. The zero-order valence-electron chi connectivity index (χ0n) is 15.5. The minimum absolute atomic E-state index is 0.181. The van der Waals surface area contributed by atoms with Gasteiger partial charge in [0.05, 0.1) is 0 Å². The summed E-state index contributed by atoms with van der Waals surface area (Å²) in [5.41, 5.74) is 4.58. The molecule has 0 unspecified atom stereocenters. The second kappa shape index (κ2) is 8.21. The van der Waals surface area contributed by atoms with E-state index in [1.54, 1.807) is 12.1 Å². The predicted molar refractivity (Wildman–Crippen MR) is 104 cm³/mol. The fourth-order valence-corrected chi connectivity index (χ4v) is 3.19. The van der Waals surface area contributed by atoms with E-state index in [0.29, 0.717) is 26.1 Å². The smallest absolute Gasteiger partial charge is 0.224 e. The maximum Gasteiger partial charge on any atom is 0.224 e. The van der Waals surface area contributed by atoms with Crippen molar-refractivity contribution in [1.82, 2.24) is 4.90 Å². The molecule has 0 atom stereocenters. The van der Waals surface area contributed by atoms with E-state index in [-0.39, 0.29) is 11.7 Å². The Morgan fingerprint density at radius 3 is 2.35 bits per heavy atom. The molecule has 5 heteroatoms. The van der Waals surface area contributed by atoms with Crippen molar-refractivity contribution in [1.29, 1.82) is 0 Å². The van der Waals surface area contributed by atoms with E-state index in [1.165, 1.54) is 23.3 Å². The predicted octanol–water partition coefficient (Wildman–Crippen LogP) is 3.59. The van der Waals surface area contributed by atoms with Crippen molar-refractivity contribution in [3.63, 3.8) is 0 Å². The van der Waals surface area contributed by atoms with Crippen LogP contribution in [0.2, 0.25) is 0 Å². The quantitative estimate of drug-likeness (QED) is 0.890. The van der Waals surface area contributed by atoms with E-state index in [1.807, 2.05) is 11.0 Å². The first-order valence-electron chi connectivity index (χ1n) is 9.12. The highest BCUT2D eigenvalue weighted by Crippen LogP contribution is 2.17. The molecule has 2 aromatic rings. The van der Waals surface area contributed by atoms with E-state index in [4.69, 9.17) is 0 Å². The number of carbonyl (C=O) groups is 1. The van der Waals surface area contributed by atoms with E-state index in [0.717, 1.165) is 24.5 Å². The van der Waals surface area contributed by atoms with Crippen LogP contribution in [-0.4, -0.2) is 43.5 Å². The Balaban J connectivity index is 1.43. The minimum atomic E-state index is -0.223. The average Bonchev–Trinajstić information content (AvgIpc) is 2.65. The number of aryl methyl sites for hydroxylation is 2. The topological polar surface area (TPSA) is 35.6 Å². The summed E-state index contributed by atoms with van der Waals surface area (Å²) >= 11 is 0. The number of benzene rings is 2. The Labute approximate surface area is 154 Å². The number of rotatable bonds is 5. The van der Waals surface area contributed by atoms with Crippen LogP contribution in [0.4, 0.5) is 15.8 Å². The molecule has 1 N–H and O–H groups in total. The van der Waals surface area contributed by atoms with Gasteiger partial charge in [0.2, 0.25) is 5.91 Å². The Morgan fingerprint density at radius 2 is 1.69 bits per heavy atom. The molecule has 1 aliphatic rings. The summed E-state index contributed by atoms with van der Waals surface area (Å²) in [6.45, 7) is 7.80. The molecular formula is C21H26FN3O. The number of hydrogen-bond donors (Lipinski definition) is 1. The number of piperazine rings is 1. The Morgan fingerprint density at radius 1 is 1.00 bits per heavy atom. The molecule has 3 rings (SSSR count). The first-order valence-corrected chi connectivity index (χ1v) is 9.12. The molecule has 1 saturated heterocycles. The van der Waals surface area contributed by atoms with Crippen LogP contribution in [0.5, 0.6) is 0 Å². The molecule has 1 aliphatic heterocycles. The van der Waals surface area contributed by atoms with Crippen LogP contribution in [-0.2, 0) is 4.79 Å². The largest absolute Gasteiger partial charge is 0.385 e. The summed E-state index contributed by atoms with van der Waals surface area (Å²) in [6.07, 6.45) is 0.490. The molecule has 1 amide bonds. The van der Waals surface area contributed by atoms with E-state index in [9.17, 15) is 9.18 Å². The van der Waals surface area contributed by atoms with Gasteiger partial charge in [0.1, 0.15) is 5.82 Å². The number of carbonyl (C=O) groups excluding carboxylic acids is 1. The van der Waals surface area contributed by atoms with Crippen molar-refractivity contribution in [2.45, 2.75) is 20.3 Å². The van der Waals surface area contributed by atoms with Gasteiger partial charge in [-0.3, -0.25) is 4.79 Å². The molecule has 0 aliphatic carbocycles. The van der Waals surface area contributed by atoms with Crippen molar-refractivity contribution < 1.29 is 9.18 Å². The van der Waals surface area contributed by atoms with E-state index in [2.05, 4.69) is 36.2 Å². The fraction of sp³-hybridized carbons (Fsp3) is 0.381. The number of hydrogen-bond acceptors (Lipinski definition) is 3. The van der Waals surface area contributed by atoms with Crippen molar-refractivity contribution in [2.24, 2.45) is 0 Å². The number of amides is 1. The highest BCUT2D eigenvalue weighted by molar-refractivity contribution is 5.77. The lowest BCUT2D eigenvalue weighted by Gasteiger charge is -2.36. The number of halogens is 1. The van der Waals surface area contributed by atoms with E-state index >= 15 is 0 Å². The van der Waals surface area contributed by atoms with Crippen LogP contribution in [0, 0.1) is 19.7 Å². The molecule has 0 spiro atoms. The zero-order chi connectivity index (χ0) is 18.5. The first kappa shape index (κ1) is 18.2. The summed E-state index contributed by atoms with van der Waals surface area (Å²) in [7, 11) is 0. The normalized spacial score (nSPS) is 14.4. The molecule has 0 radical (unpaired) electrons. The molecule has 1 fully saturated rings. The van der Waals surface area contributed by atoms with Gasteiger partial charge in [-0.05, 0) is 61.4 Å². The molecular weight excluding hydrogens is 329 g/mol. The Hall–Kier alpha value is -2.56. The monoisotopic (exact) mass is 355 g/mol. The summed E-state index contributed by atoms with van der Waals surface area (Å²) in [6, 6.07) is 12.8. The van der Waals surface area contributed by atoms with Crippen LogP contribution in [0.25, 0.3) is 0 Å². The number of anilines is 2. The van der Waals surface area contributed by atoms with Crippen molar-refractivity contribution in [3.8, 4) is 0 Å². The fourth-order valence-electron chi connectivity index (χ4n) is 3.19. The molecule has 0 saturated carbocycles. The molecule has 4 nitrogen and oxygen atoms in total. The molecule has 138 valence electrons. The Bertz CT molecular complexity index is 752. The minimum Gasteiger partial charge on any atom is -0.385 e. The van der Waals surface area contributed by atoms with Gasteiger partial charge in [-0.2, -0.15) is 0 Å². The highest BCUT2D eigenvalue weighted by Gasteiger charge is 2.20. The van der Waals surface area contributed by atoms with Crippen LogP contribution in [0.15, 0.2) is 42.5 Å². The summed E-state index contributed by atoms with van der Waals surface area (Å²) in [5, 5.41) is 3.33. The number of nitrogens with one attached hydrogen (secondary N) is 1. The third-order valence-electron chi connectivity index (χ3n) is 5.00. The Kier molecular flexibility index (Phi) is 5.76. The van der Waals surface area contributed by atoms with Gasteiger partial charge >= 0.3 is 0 Å². The van der Waals surface area contributed by atoms with Crippen molar-refractivity contribution >= 4 is 17.3 Å². The van der Waals surface area contributed by atoms with Crippen molar-refractivity contribution in [2.75, 3.05) is 42.9 Å². The molecule has 1 heterocycles. The van der Waals surface area contributed by atoms with Crippen molar-refractivity contribution in [3.05, 3.63) is 59.4 Å². The zero-order valence-corrected chi connectivity index (χ0v) is 15.5. The van der Waals surface area contributed by atoms with Gasteiger partial charge in [0.25, 0.3) is 0 Å². The number of nitrogens with zero attached hydrogens (tertiary/aromatic N) is 2. The molecule has 0 bridgehead atoms. The van der Waals surface area contributed by atoms with Crippen LogP contribution >= 0.6 is 0 Å². The van der Waals surface area contributed by atoms with Crippen LogP contribution < -0.4 is 10.2 Å². The first-order chi connectivity index (χ1) is 12.5. The van der Waals surface area contributed by atoms with Crippen LogP contribution in [0.1, 0.15) is 17.5 Å². The molecule has 2 aromatic carbocycles. The molecule has 26 heavy (non-hydrogen) atoms. The summed E-state index contributed by atoms with van der Waals surface area (Å²) in [4.78, 5) is 16.5. The lowest BCUT2D eigenvalue weighted by molar-refractivity contribution is -0.131. The van der Waals surface area contributed by atoms with Gasteiger partial charge in [-0.15, -0.1) is 0 Å². The third-order valence-corrected chi connectivity index (χ3v) is 5.00. The van der Waals surface area contributed by atoms with Gasteiger partial charge in [0.15, 0.2) is 0 Å². The van der Waals surface area contributed by atoms with Crippen LogP contribution in [0.3, 0.4) is 0 Å². The van der Waals surface area contributed by atoms with E-state index < -0.39 is 0 Å².